The Balaban J connectivity index is 1.73. The molecule has 9 heteroatoms. The average molecular weight is 332 g/mol. The topological polar surface area (TPSA) is 132 Å². The van der Waals surface area contributed by atoms with Crippen LogP contribution in [0.1, 0.15) is 6.42 Å². The van der Waals surface area contributed by atoms with Gasteiger partial charge in [0, 0.05) is 18.5 Å². The molecule has 1 saturated heterocycles. The van der Waals surface area contributed by atoms with E-state index in [2.05, 4.69) is 5.10 Å². The van der Waals surface area contributed by atoms with Gasteiger partial charge >= 0.3 is 5.76 Å². The number of benzene rings is 1. The van der Waals surface area contributed by atoms with Gasteiger partial charge in [0.1, 0.15) is 6.54 Å². The fraction of sp³-hybridized carbons (Fsp3) is 0.333. The molecule has 2 aromatic rings. The molecule has 1 aromatic carbocycles. The van der Waals surface area contributed by atoms with Gasteiger partial charge in [-0.1, -0.05) is 18.2 Å². The fourth-order valence-electron chi connectivity index (χ4n) is 2.54. The Labute approximate surface area is 136 Å². The zero-order valence-corrected chi connectivity index (χ0v) is 12.7. The average Bonchev–Trinajstić information content (AvgIpc) is 3.13. The first-order valence-electron chi connectivity index (χ1n) is 7.32. The second-order valence-electron chi connectivity index (χ2n) is 5.66. The molecule has 24 heavy (non-hydrogen) atoms. The van der Waals surface area contributed by atoms with Crippen molar-refractivity contribution in [2.24, 2.45) is 5.73 Å². The highest BCUT2D eigenvalue weighted by Crippen LogP contribution is 2.21. The van der Waals surface area contributed by atoms with Crippen molar-refractivity contribution < 1.29 is 19.1 Å². The summed E-state index contributed by atoms with van der Waals surface area (Å²) in [5.41, 5.74) is 4.02. The summed E-state index contributed by atoms with van der Waals surface area (Å²) in [5.74, 6) is -1.97. The summed E-state index contributed by atoms with van der Waals surface area (Å²) in [6.07, 6.45) is 0.0665. The molecule has 0 saturated carbocycles. The lowest BCUT2D eigenvalue weighted by molar-refractivity contribution is -0.137. The third-order valence-corrected chi connectivity index (χ3v) is 3.97. The number of rotatable bonds is 4. The van der Waals surface area contributed by atoms with Crippen LogP contribution in [-0.2, 0) is 16.1 Å². The van der Waals surface area contributed by atoms with Crippen LogP contribution in [-0.4, -0.2) is 50.3 Å². The monoisotopic (exact) mass is 332 g/mol. The van der Waals surface area contributed by atoms with E-state index in [1.807, 2.05) is 6.07 Å². The van der Waals surface area contributed by atoms with Crippen molar-refractivity contribution >= 4 is 11.8 Å². The quantitative estimate of drug-likeness (QED) is 0.734. The van der Waals surface area contributed by atoms with Crippen LogP contribution in [0.3, 0.4) is 0 Å². The Hall–Kier alpha value is -2.94. The smallest absolute Gasteiger partial charge is 0.388 e. The number of aliphatic hydroxyl groups is 1. The first-order valence-corrected chi connectivity index (χ1v) is 7.32. The molecular weight excluding hydrogens is 316 g/mol. The van der Waals surface area contributed by atoms with Crippen molar-refractivity contribution in [2.75, 3.05) is 13.1 Å². The van der Waals surface area contributed by atoms with E-state index in [1.54, 1.807) is 24.3 Å². The van der Waals surface area contributed by atoms with Crippen LogP contribution in [0.15, 0.2) is 39.5 Å². The number of likely N-dealkylation sites (tertiary alicyclic amines) is 1. The zero-order chi connectivity index (χ0) is 17.3. The Bertz CT molecular complexity index is 828. The van der Waals surface area contributed by atoms with Crippen LogP contribution < -0.4 is 11.5 Å². The van der Waals surface area contributed by atoms with Gasteiger partial charge in [-0.2, -0.15) is 4.68 Å². The number of β-amino-alcohol motifs (C(OH)–C–C–N with tert-alkyl or cyclic N) is 1. The number of amides is 2. The van der Waals surface area contributed by atoms with E-state index < -0.39 is 23.2 Å². The molecule has 0 spiro atoms. The minimum Gasteiger partial charge on any atom is -0.388 e. The molecule has 1 atom stereocenters. The second kappa shape index (κ2) is 5.93. The normalized spacial score (nSPS) is 20.3. The molecule has 0 radical (unpaired) electrons. The molecule has 1 unspecified atom stereocenters. The first kappa shape index (κ1) is 15.9. The third-order valence-electron chi connectivity index (χ3n) is 3.97. The number of carbonyl (C=O) groups is 2. The number of hydrogen-bond donors (Lipinski definition) is 2. The minimum absolute atomic E-state index is 0.0665. The molecule has 9 nitrogen and oxygen atoms in total. The maximum atomic E-state index is 12.2. The van der Waals surface area contributed by atoms with Crippen molar-refractivity contribution in [2.45, 2.75) is 18.6 Å². The highest BCUT2D eigenvalue weighted by atomic mass is 16.4. The van der Waals surface area contributed by atoms with Gasteiger partial charge in [-0.25, -0.2) is 4.79 Å². The highest BCUT2D eigenvalue weighted by Gasteiger charge is 2.43. The van der Waals surface area contributed by atoms with Gasteiger partial charge in [0.2, 0.25) is 11.8 Å². The van der Waals surface area contributed by atoms with Crippen LogP contribution >= 0.6 is 0 Å². The van der Waals surface area contributed by atoms with E-state index in [1.165, 1.54) is 4.90 Å². The van der Waals surface area contributed by atoms with Gasteiger partial charge in [0.25, 0.3) is 5.91 Å². The summed E-state index contributed by atoms with van der Waals surface area (Å²) in [5, 5.41) is 14.0. The Morgan fingerprint density at radius 1 is 1.33 bits per heavy atom. The van der Waals surface area contributed by atoms with Gasteiger partial charge in [0.15, 0.2) is 5.60 Å². The van der Waals surface area contributed by atoms with Crippen LogP contribution in [0.5, 0.6) is 0 Å². The van der Waals surface area contributed by atoms with Gasteiger partial charge in [-0.05, 0) is 12.1 Å². The Morgan fingerprint density at radius 3 is 2.67 bits per heavy atom. The van der Waals surface area contributed by atoms with E-state index in [9.17, 15) is 19.5 Å². The van der Waals surface area contributed by atoms with Crippen LogP contribution in [0, 0.1) is 0 Å². The molecule has 2 amide bonds. The van der Waals surface area contributed by atoms with Gasteiger partial charge in [-0.15, -0.1) is 5.10 Å². The van der Waals surface area contributed by atoms with Crippen LogP contribution in [0.4, 0.5) is 0 Å². The predicted molar refractivity (Wildman–Crippen MR) is 81.5 cm³/mol. The molecule has 1 aliphatic rings. The molecule has 3 N–H and O–H groups in total. The SMILES string of the molecule is NC(=O)C1(O)CCN(C(=O)Cn2nc(-c3ccccc3)oc2=O)C1. The van der Waals surface area contributed by atoms with Gasteiger partial charge in [-0.3, -0.25) is 9.59 Å². The van der Waals surface area contributed by atoms with Gasteiger partial charge < -0.3 is 20.2 Å². The molecule has 0 bridgehead atoms. The second-order valence-corrected chi connectivity index (χ2v) is 5.66. The highest BCUT2D eigenvalue weighted by molar-refractivity contribution is 5.86. The van der Waals surface area contributed by atoms with Crippen molar-refractivity contribution in [1.82, 2.24) is 14.7 Å². The molecule has 3 rings (SSSR count). The molecule has 1 aliphatic heterocycles. The van der Waals surface area contributed by atoms with Crippen molar-refractivity contribution in [3.63, 3.8) is 0 Å². The van der Waals surface area contributed by atoms with Gasteiger partial charge in [0.05, 0.1) is 6.54 Å². The van der Waals surface area contributed by atoms with Crippen LogP contribution in [0.2, 0.25) is 0 Å². The molecular formula is C15H16N4O5. The molecule has 2 heterocycles. The van der Waals surface area contributed by atoms with E-state index in [0.29, 0.717) is 5.56 Å². The van der Waals surface area contributed by atoms with E-state index in [4.69, 9.17) is 10.2 Å². The van der Waals surface area contributed by atoms with Crippen LogP contribution in [0.25, 0.3) is 11.5 Å². The number of nitrogens with zero attached hydrogens (tertiary/aromatic N) is 3. The standard InChI is InChI=1S/C15H16N4O5/c16-13(21)15(23)6-7-18(9-15)11(20)8-19-14(22)24-12(17-19)10-4-2-1-3-5-10/h1-5,23H,6-9H2,(H2,16,21). The zero-order valence-electron chi connectivity index (χ0n) is 12.7. The van der Waals surface area contributed by atoms with E-state index in [0.717, 1.165) is 4.68 Å². The largest absolute Gasteiger partial charge is 0.437 e. The number of aromatic nitrogens is 2. The number of nitrogens with two attached hydrogens (primary N) is 1. The summed E-state index contributed by atoms with van der Waals surface area (Å²) in [6.45, 7) is -0.361. The van der Waals surface area contributed by atoms with Crippen molar-refractivity contribution in [1.29, 1.82) is 0 Å². The number of primary amides is 1. The van der Waals surface area contributed by atoms with E-state index in [-0.39, 0.29) is 31.9 Å². The maximum absolute atomic E-state index is 12.2. The van der Waals surface area contributed by atoms with E-state index >= 15 is 0 Å². The Morgan fingerprint density at radius 2 is 2.04 bits per heavy atom. The third kappa shape index (κ3) is 2.93. The number of hydrogen-bond acceptors (Lipinski definition) is 6. The summed E-state index contributed by atoms with van der Waals surface area (Å²) < 4.78 is 5.95. The summed E-state index contributed by atoms with van der Waals surface area (Å²) in [6, 6.07) is 8.81. The first-order chi connectivity index (χ1) is 11.4. The lowest BCUT2D eigenvalue weighted by Crippen LogP contribution is -2.47. The molecule has 1 aromatic heterocycles. The Kier molecular flexibility index (Phi) is 3.94. The molecule has 126 valence electrons. The molecule has 0 aliphatic carbocycles. The summed E-state index contributed by atoms with van der Waals surface area (Å²) >= 11 is 0. The van der Waals surface area contributed by atoms with Crippen molar-refractivity contribution in [3.05, 3.63) is 40.9 Å². The summed E-state index contributed by atoms with van der Waals surface area (Å²) in [7, 11) is 0. The predicted octanol–water partition coefficient (Wildman–Crippen LogP) is -1.05. The lowest BCUT2D eigenvalue weighted by atomic mass is 10.0. The lowest BCUT2D eigenvalue weighted by Gasteiger charge is -2.19. The van der Waals surface area contributed by atoms with Crippen molar-refractivity contribution in [3.8, 4) is 11.5 Å². The summed E-state index contributed by atoms with van der Waals surface area (Å²) in [4.78, 5) is 36.6. The maximum Gasteiger partial charge on any atom is 0.437 e. The molecule has 1 fully saturated rings. The minimum atomic E-state index is -1.72. The fourth-order valence-corrected chi connectivity index (χ4v) is 2.54. The number of carbonyl (C=O) groups excluding carboxylic acids is 2.